The van der Waals surface area contributed by atoms with Crippen molar-refractivity contribution >= 4 is 15.9 Å². The van der Waals surface area contributed by atoms with Gasteiger partial charge in [0.25, 0.3) is 0 Å². The van der Waals surface area contributed by atoms with Crippen LogP contribution in [0.3, 0.4) is 0 Å². The van der Waals surface area contributed by atoms with Gasteiger partial charge in [0.15, 0.2) is 10.4 Å². The highest BCUT2D eigenvalue weighted by atomic mass is 79.9. The first-order valence-electron chi connectivity index (χ1n) is 2.65. The molecular weight excluding hydrogens is 198 g/mol. The fourth-order valence-electron chi connectivity index (χ4n) is 0.356. The lowest BCUT2D eigenvalue weighted by atomic mass is 10.5. The summed E-state index contributed by atoms with van der Waals surface area (Å²) >= 11 is 2.74. The molecule has 56 valence electrons. The Bertz CT molecular complexity index is 168. The number of nitrogens with one attached hydrogen (secondary N) is 1. The zero-order chi connectivity index (χ0) is 7.98. The van der Waals surface area contributed by atoms with Crippen LogP contribution in [-0.2, 0) is 0 Å². The van der Waals surface area contributed by atoms with Crippen LogP contribution in [0, 0.1) is 11.3 Å². The van der Waals surface area contributed by atoms with Gasteiger partial charge in [-0.2, -0.15) is 5.26 Å². The van der Waals surface area contributed by atoms with Gasteiger partial charge in [-0.15, -0.1) is 0 Å². The Morgan fingerprint density at radius 2 is 2.40 bits per heavy atom. The standard InChI is InChI=1S/C5H8BrN3O/c6-5(10)4(3-8)9-2-1-7/h9-10H,1-2,7H2/b5-4-. The van der Waals surface area contributed by atoms with Crippen molar-refractivity contribution in [2.45, 2.75) is 0 Å². The Morgan fingerprint density at radius 3 is 2.70 bits per heavy atom. The third-order valence-electron chi connectivity index (χ3n) is 0.764. The van der Waals surface area contributed by atoms with Gasteiger partial charge in [0.2, 0.25) is 0 Å². The predicted molar refractivity (Wildman–Crippen MR) is 41.3 cm³/mol. The number of halogens is 1. The van der Waals surface area contributed by atoms with Gasteiger partial charge in [-0.25, -0.2) is 0 Å². The highest BCUT2D eigenvalue weighted by Crippen LogP contribution is 2.02. The van der Waals surface area contributed by atoms with E-state index in [1.165, 1.54) is 0 Å². The monoisotopic (exact) mass is 205 g/mol. The molecule has 0 aromatic rings. The summed E-state index contributed by atoms with van der Waals surface area (Å²) in [6.45, 7) is 0.893. The van der Waals surface area contributed by atoms with E-state index >= 15 is 0 Å². The minimum absolute atomic E-state index is 0.102. The Kier molecular flexibility index (Phi) is 4.72. The second-order valence-corrected chi connectivity index (χ2v) is 2.24. The summed E-state index contributed by atoms with van der Waals surface area (Å²) in [6.07, 6.45) is 0. The average Bonchev–Trinajstić information content (AvgIpc) is 1.89. The highest BCUT2D eigenvalue weighted by Gasteiger charge is 1.97. The van der Waals surface area contributed by atoms with Gasteiger partial charge >= 0.3 is 0 Å². The molecule has 0 heterocycles. The summed E-state index contributed by atoms with van der Waals surface area (Å²) < 4.78 is -0.191. The molecular formula is C5H8BrN3O. The van der Waals surface area contributed by atoms with Crippen molar-refractivity contribution in [1.82, 2.24) is 5.32 Å². The number of nitriles is 1. The number of aliphatic hydroxyl groups excluding tert-OH is 1. The molecule has 0 saturated carbocycles. The summed E-state index contributed by atoms with van der Waals surface area (Å²) in [4.78, 5) is 0. The van der Waals surface area contributed by atoms with Crippen LogP contribution in [0.2, 0.25) is 0 Å². The number of allylic oxidation sites excluding steroid dienone is 1. The number of nitrogens with two attached hydrogens (primary N) is 1. The maximum absolute atomic E-state index is 8.71. The van der Waals surface area contributed by atoms with Crippen molar-refractivity contribution < 1.29 is 5.11 Å². The van der Waals surface area contributed by atoms with Crippen molar-refractivity contribution in [3.05, 3.63) is 10.4 Å². The van der Waals surface area contributed by atoms with Crippen LogP contribution < -0.4 is 11.1 Å². The van der Waals surface area contributed by atoms with Crippen molar-refractivity contribution in [3.8, 4) is 6.07 Å². The zero-order valence-corrected chi connectivity index (χ0v) is 6.85. The maximum atomic E-state index is 8.71. The summed E-state index contributed by atoms with van der Waals surface area (Å²) in [5.41, 5.74) is 5.24. The quantitative estimate of drug-likeness (QED) is 0.454. The number of rotatable bonds is 3. The number of aliphatic hydroxyl groups is 1. The molecule has 0 aromatic heterocycles. The van der Waals surface area contributed by atoms with E-state index in [9.17, 15) is 0 Å². The SMILES string of the molecule is N#C/C(NCCN)=C(/O)Br. The fraction of sp³-hybridized carbons (Fsp3) is 0.400. The molecule has 0 bridgehead atoms. The molecule has 0 amide bonds. The molecule has 0 aliphatic rings. The summed E-state index contributed by atoms with van der Waals surface area (Å²) in [5, 5.41) is 19.6. The van der Waals surface area contributed by atoms with Crippen molar-refractivity contribution in [3.63, 3.8) is 0 Å². The molecule has 0 aliphatic carbocycles. The van der Waals surface area contributed by atoms with Crippen LogP contribution >= 0.6 is 15.9 Å². The van der Waals surface area contributed by atoms with Crippen LogP contribution in [-0.4, -0.2) is 18.2 Å². The van der Waals surface area contributed by atoms with E-state index in [0.717, 1.165) is 0 Å². The first-order valence-corrected chi connectivity index (χ1v) is 3.44. The summed E-state index contributed by atoms with van der Waals surface area (Å²) in [7, 11) is 0. The van der Waals surface area contributed by atoms with E-state index in [-0.39, 0.29) is 10.4 Å². The maximum Gasteiger partial charge on any atom is 0.193 e. The molecule has 4 nitrogen and oxygen atoms in total. The van der Waals surface area contributed by atoms with Crippen LogP contribution in [0.4, 0.5) is 0 Å². The van der Waals surface area contributed by atoms with E-state index in [0.29, 0.717) is 13.1 Å². The van der Waals surface area contributed by atoms with E-state index in [4.69, 9.17) is 16.1 Å². The largest absolute Gasteiger partial charge is 0.500 e. The third-order valence-corrected chi connectivity index (χ3v) is 1.16. The van der Waals surface area contributed by atoms with E-state index in [1.807, 2.05) is 0 Å². The molecule has 0 unspecified atom stereocenters. The number of hydrogen-bond donors (Lipinski definition) is 3. The van der Waals surface area contributed by atoms with Gasteiger partial charge in [-0.05, 0) is 15.9 Å². The van der Waals surface area contributed by atoms with Crippen LogP contribution in [0.5, 0.6) is 0 Å². The lowest BCUT2D eigenvalue weighted by molar-refractivity contribution is 0.451. The molecule has 0 aliphatic heterocycles. The molecule has 0 fully saturated rings. The normalized spacial score (nSPS) is 11.7. The third kappa shape index (κ3) is 3.33. The van der Waals surface area contributed by atoms with Crippen LogP contribution in [0.1, 0.15) is 0 Å². The van der Waals surface area contributed by atoms with E-state index in [1.54, 1.807) is 6.07 Å². The zero-order valence-electron chi connectivity index (χ0n) is 5.26. The molecule has 5 heteroatoms. The second kappa shape index (κ2) is 5.09. The van der Waals surface area contributed by atoms with Gasteiger partial charge in [-0.1, -0.05) is 0 Å². The van der Waals surface area contributed by atoms with Gasteiger partial charge < -0.3 is 16.2 Å². The van der Waals surface area contributed by atoms with Gasteiger partial charge in [-0.3, -0.25) is 0 Å². The molecule has 0 saturated heterocycles. The smallest absolute Gasteiger partial charge is 0.193 e. The van der Waals surface area contributed by atoms with Crippen LogP contribution in [0.25, 0.3) is 0 Å². The lowest BCUT2D eigenvalue weighted by Crippen LogP contribution is -2.21. The highest BCUT2D eigenvalue weighted by molar-refractivity contribution is 9.11. The topological polar surface area (TPSA) is 82.1 Å². The Labute approximate surface area is 67.5 Å². The van der Waals surface area contributed by atoms with E-state index < -0.39 is 0 Å². The fourth-order valence-corrected chi connectivity index (χ4v) is 0.585. The summed E-state index contributed by atoms with van der Waals surface area (Å²) in [6, 6.07) is 1.75. The predicted octanol–water partition coefficient (Wildman–Crippen LogP) is 0.180. The second-order valence-electron chi connectivity index (χ2n) is 1.49. The number of hydrogen-bond acceptors (Lipinski definition) is 4. The van der Waals surface area contributed by atoms with Crippen LogP contribution in [0.15, 0.2) is 10.4 Å². The first kappa shape index (κ1) is 9.27. The van der Waals surface area contributed by atoms with Gasteiger partial charge in [0.05, 0.1) is 0 Å². The molecule has 0 radical (unpaired) electrons. The average molecular weight is 206 g/mol. The number of nitrogens with zero attached hydrogens (tertiary/aromatic N) is 1. The molecule has 10 heavy (non-hydrogen) atoms. The molecule has 0 rings (SSSR count). The molecule has 0 spiro atoms. The molecule has 0 aromatic carbocycles. The Hall–Kier alpha value is -0.730. The Morgan fingerprint density at radius 1 is 1.80 bits per heavy atom. The van der Waals surface area contributed by atoms with E-state index in [2.05, 4.69) is 21.2 Å². The summed E-state index contributed by atoms with van der Waals surface area (Å²) in [5.74, 6) is 0. The van der Waals surface area contributed by atoms with Gasteiger partial charge in [0.1, 0.15) is 6.07 Å². The minimum atomic E-state index is -0.191. The first-order chi connectivity index (χ1) is 4.72. The van der Waals surface area contributed by atoms with Crippen molar-refractivity contribution in [1.29, 1.82) is 5.26 Å². The van der Waals surface area contributed by atoms with Crippen molar-refractivity contribution in [2.24, 2.45) is 5.73 Å². The lowest BCUT2D eigenvalue weighted by Gasteiger charge is -2.00. The van der Waals surface area contributed by atoms with Gasteiger partial charge in [0, 0.05) is 13.1 Å². The molecule has 4 N–H and O–H groups in total. The minimum Gasteiger partial charge on any atom is -0.500 e. The Balaban J connectivity index is 3.89. The molecule has 0 atom stereocenters. The van der Waals surface area contributed by atoms with Crippen molar-refractivity contribution in [2.75, 3.05) is 13.1 Å².